The normalized spacial score (nSPS) is 10.9. The lowest BCUT2D eigenvalue weighted by Crippen LogP contribution is -2.18. The van der Waals surface area contributed by atoms with Gasteiger partial charge in [0.25, 0.3) is 0 Å². The van der Waals surface area contributed by atoms with Crippen LogP contribution in [0.5, 0.6) is 0 Å². The highest BCUT2D eigenvalue weighted by atomic mass is 79.9. The van der Waals surface area contributed by atoms with E-state index in [1.807, 2.05) is 12.3 Å². The van der Waals surface area contributed by atoms with E-state index in [4.69, 9.17) is 0 Å². The molecule has 1 aromatic carbocycles. The Morgan fingerprint density at radius 1 is 1.19 bits per heavy atom. The molecule has 0 amide bonds. The van der Waals surface area contributed by atoms with Crippen LogP contribution < -0.4 is 5.32 Å². The van der Waals surface area contributed by atoms with Crippen LogP contribution in [0.15, 0.2) is 47.1 Å². The molecule has 2 aromatic rings. The maximum Gasteiger partial charge on any atom is 0.130 e. The lowest BCUT2D eigenvalue weighted by molar-refractivity contribution is 0.319. The van der Waals surface area contributed by atoms with Crippen molar-refractivity contribution < 1.29 is 0 Å². The second-order valence-corrected chi connectivity index (χ2v) is 6.16. The summed E-state index contributed by atoms with van der Waals surface area (Å²) >= 11 is 3.52. The minimum atomic E-state index is 0.881. The Kier molecular flexibility index (Phi) is 6.21. The number of nitrogens with zero attached hydrogens (tertiary/aromatic N) is 2. The summed E-state index contributed by atoms with van der Waals surface area (Å²) in [6.45, 7) is 4.92. The molecule has 0 saturated carbocycles. The average Bonchev–Trinajstić information content (AvgIpc) is 2.46. The molecule has 1 aromatic heterocycles. The number of halogens is 1. The van der Waals surface area contributed by atoms with Crippen molar-refractivity contribution in [3.8, 4) is 0 Å². The SMILES string of the molecule is CCCNc1ncccc1CN(C)Cc1cccc(Br)c1. The van der Waals surface area contributed by atoms with Gasteiger partial charge in [0, 0.05) is 35.9 Å². The smallest absolute Gasteiger partial charge is 0.130 e. The van der Waals surface area contributed by atoms with Crippen molar-refractivity contribution in [1.29, 1.82) is 0 Å². The van der Waals surface area contributed by atoms with Crippen molar-refractivity contribution in [1.82, 2.24) is 9.88 Å². The Morgan fingerprint density at radius 3 is 2.81 bits per heavy atom. The van der Waals surface area contributed by atoms with Crippen LogP contribution in [0.1, 0.15) is 24.5 Å². The molecule has 4 heteroatoms. The second kappa shape index (κ2) is 8.15. The summed E-state index contributed by atoms with van der Waals surface area (Å²) in [4.78, 5) is 6.75. The molecule has 2 rings (SSSR count). The predicted molar refractivity (Wildman–Crippen MR) is 92.3 cm³/mol. The van der Waals surface area contributed by atoms with Gasteiger partial charge in [-0.1, -0.05) is 41.1 Å². The van der Waals surface area contributed by atoms with Crippen molar-refractivity contribution in [2.75, 3.05) is 18.9 Å². The Labute approximate surface area is 135 Å². The summed E-state index contributed by atoms with van der Waals surface area (Å²) in [5, 5.41) is 3.40. The van der Waals surface area contributed by atoms with Gasteiger partial charge < -0.3 is 5.32 Å². The first-order chi connectivity index (χ1) is 10.2. The van der Waals surface area contributed by atoms with Gasteiger partial charge in [0.05, 0.1) is 0 Å². The van der Waals surface area contributed by atoms with Crippen molar-refractivity contribution in [2.24, 2.45) is 0 Å². The van der Waals surface area contributed by atoms with E-state index in [2.05, 4.69) is 75.4 Å². The van der Waals surface area contributed by atoms with Crippen LogP contribution in [0.4, 0.5) is 5.82 Å². The molecule has 0 aliphatic rings. The molecule has 0 fully saturated rings. The standard InChI is InChI=1S/C17H22BrN3/c1-3-9-19-17-15(7-5-10-20-17)13-21(2)12-14-6-4-8-16(18)11-14/h4-8,10-11H,3,9,12-13H2,1-2H3,(H,19,20). The minimum absolute atomic E-state index is 0.881. The molecule has 0 bridgehead atoms. The summed E-state index contributed by atoms with van der Waals surface area (Å²) in [7, 11) is 2.14. The summed E-state index contributed by atoms with van der Waals surface area (Å²) < 4.78 is 1.13. The van der Waals surface area contributed by atoms with Gasteiger partial charge >= 0.3 is 0 Å². The van der Waals surface area contributed by atoms with Crippen molar-refractivity contribution in [2.45, 2.75) is 26.4 Å². The van der Waals surface area contributed by atoms with Crippen LogP contribution in [0.3, 0.4) is 0 Å². The lowest BCUT2D eigenvalue weighted by Gasteiger charge is -2.19. The number of hydrogen-bond donors (Lipinski definition) is 1. The van der Waals surface area contributed by atoms with E-state index in [-0.39, 0.29) is 0 Å². The highest BCUT2D eigenvalue weighted by Gasteiger charge is 2.07. The maximum atomic E-state index is 4.45. The highest BCUT2D eigenvalue weighted by Crippen LogP contribution is 2.17. The van der Waals surface area contributed by atoms with Crippen LogP contribution in [0, 0.1) is 0 Å². The molecule has 21 heavy (non-hydrogen) atoms. The number of nitrogens with one attached hydrogen (secondary N) is 1. The molecule has 0 radical (unpaired) electrons. The molecule has 0 atom stereocenters. The van der Waals surface area contributed by atoms with Gasteiger partial charge in [0.2, 0.25) is 0 Å². The monoisotopic (exact) mass is 347 g/mol. The Morgan fingerprint density at radius 2 is 2.05 bits per heavy atom. The van der Waals surface area contributed by atoms with Gasteiger partial charge in [-0.05, 0) is 37.2 Å². The second-order valence-electron chi connectivity index (χ2n) is 5.24. The summed E-state index contributed by atoms with van der Waals surface area (Å²) in [5.41, 5.74) is 2.54. The summed E-state index contributed by atoms with van der Waals surface area (Å²) in [6.07, 6.45) is 2.94. The van der Waals surface area contributed by atoms with Gasteiger partial charge in [-0.2, -0.15) is 0 Å². The molecular weight excluding hydrogens is 326 g/mol. The van der Waals surface area contributed by atoms with Crippen LogP contribution in [-0.4, -0.2) is 23.5 Å². The number of anilines is 1. The maximum absolute atomic E-state index is 4.45. The largest absolute Gasteiger partial charge is 0.370 e. The first-order valence-electron chi connectivity index (χ1n) is 7.29. The zero-order chi connectivity index (χ0) is 15.1. The first-order valence-corrected chi connectivity index (χ1v) is 8.09. The molecule has 1 N–H and O–H groups in total. The quantitative estimate of drug-likeness (QED) is 0.809. The van der Waals surface area contributed by atoms with Crippen molar-refractivity contribution in [3.63, 3.8) is 0 Å². The van der Waals surface area contributed by atoms with E-state index in [9.17, 15) is 0 Å². The van der Waals surface area contributed by atoms with E-state index in [0.717, 1.165) is 36.3 Å². The molecule has 1 heterocycles. The first kappa shape index (κ1) is 16.0. The number of hydrogen-bond acceptors (Lipinski definition) is 3. The Hall–Kier alpha value is -1.39. The molecule has 0 aliphatic carbocycles. The fourth-order valence-corrected chi connectivity index (χ4v) is 2.71. The number of pyridine rings is 1. The predicted octanol–water partition coefficient (Wildman–Crippen LogP) is 4.30. The Bertz CT molecular complexity index is 571. The van der Waals surface area contributed by atoms with Crippen LogP contribution in [0.25, 0.3) is 0 Å². The van der Waals surface area contributed by atoms with E-state index in [0.29, 0.717) is 0 Å². The molecule has 0 saturated heterocycles. The van der Waals surface area contributed by atoms with E-state index >= 15 is 0 Å². The molecule has 0 spiro atoms. The van der Waals surface area contributed by atoms with E-state index in [1.54, 1.807) is 0 Å². The van der Waals surface area contributed by atoms with Gasteiger partial charge in [0.1, 0.15) is 5.82 Å². The molecular formula is C17H22BrN3. The van der Waals surface area contributed by atoms with Gasteiger partial charge in [-0.25, -0.2) is 4.98 Å². The number of rotatable bonds is 7. The van der Waals surface area contributed by atoms with Gasteiger partial charge in [0.15, 0.2) is 0 Å². The lowest BCUT2D eigenvalue weighted by atomic mass is 10.2. The molecule has 0 unspecified atom stereocenters. The van der Waals surface area contributed by atoms with Crippen LogP contribution in [-0.2, 0) is 13.1 Å². The third-order valence-electron chi connectivity index (χ3n) is 3.22. The molecule has 3 nitrogen and oxygen atoms in total. The average molecular weight is 348 g/mol. The van der Waals surface area contributed by atoms with Crippen molar-refractivity contribution in [3.05, 3.63) is 58.2 Å². The van der Waals surface area contributed by atoms with Crippen molar-refractivity contribution >= 4 is 21.7 Å². The minimum Gasteiger partial charge on any atom is -0.370 e. The number of aromatic nitrogens is 1. The third-order valence-corrected chi connectivity index (χ3v) is 3.71. The number of benzene rings is 1. The Balaban J connectivity index is 2.00. The van der Waals surface area contributed by atoms with Crippen LogP contribution >= 0.6 is 15.9 Å². The molecule has 0 aliphatic heterocycles. The zero-order valence-corrected chi connectivity index (χ0v) is 14.2. The third kappa shape index (κ3) is 5.14. The molecule has 112 valence electrons. The fourth-order valence-electron chi connectivity index (χ4n) is 2.26. The topological polar surface area (TPSA) is 28.2 Å². The summed E-state index contributed by atoms with van der Waals surface area (Å²) in [6, 6.07) is 12.6. The highest BCUT2D eigenvalue weighted by molar-refractivity contribution is 9.10. The van der Waals surface area contributed by atoms with Gasteiger partial charge in [-0.3, -0.25) is 4.90 Å². The summed E-state index contributed by atoms with van der Waals surface area (Å²) in [5.74, 6) is 1.00. The van der Waals surface area contributed by atoms with Crippen LogP contribution in [0.2, 0.25) is 0 Å². The zero-order valence-electron chi connectivity index (χ0n) is 12.6. The van der Waals surface area contributed by atoms with E-state index in [1.165, 1.54) is 11.1 Å². The fraction of sp³-hybridized carbons (Fsp3) is 0.353. The van der Waals surface area contributed by atoms with E-state index < -0.39 is 0 Å². The van der Waals surface area contributed by atoms with Gasteiger partial charge in [-0.15, -0.1) is 0 Å².